The van der Waals surface area contributed by atoms with Gasteiger partial charge < -0.3 is 14.6 Å². The number of aliphatic hydroxyl groups is 1. The largest absolute Gasteiger partial charge is 0.494 e. The predicted octanol–water partition coefficient (Wildman–Crippen LogP) is 18.6. The maximum atomic E-state index is 10.6. The summed E-state index contributed by atoms with van der Waals surface area (Å²) in [5.41, 5.74) is 11.4. The van der Waals surface area contributed by atoms with Crippen molar-refractivity contribution in [1.82, 2.24) is 19.9 Å². The molecule has 0 aliphatic heterocycles. The standard InChI is InChI=1S/C67H76N4O3/c1-3-5-7-9-11-13-15-17-19-21-43-73-58-35-27-50(28-36-58)60-39-31-52-23-25-54-33-41-62(70-66(54)64(52)68-60)56-45-49(48-72)46-57(47-56)63-42-34-55-26-24-53-32-40-61(69-65(53)67(55)71-63)51-29-37-59(38-30-51)74-44-22-20-18-16-14-12-10-8-6-4-2/h23-42,45-47,72H,3-22,43-44,48H2,1-2H3. The highest BCUT2D eigenvalue weighted by molar-refractivity contribution is 6.05. The molecule has 0 atom stereocenters. The van der Waals surface area contributed by atoms with E-state index in [2.05, 4.69) is 141 Å². The average Bonchev–Trinajstić information content (AvgIpc) is 3.45. The van der Waals surface area contributed by atoms with Gasteiger partial charge in [0.25, 0.3) is 0 Å². The molecule has 9 aromatic rings. The summed E-state index contributed by atoms with van der Waals surface area (Å²) < 4.78 is 12.3. The molecule has 0 unspecified atom stereocenters. The first-order valence-corrected chi connectivity index (χ1v) is 28.2. The number of aliphatic hydroxyl groups excluding tert-OH is 1. The lowest BCUT2D eigenvalue weighted by molar-refractivity contribution is 0.282. The van der Waals surface area contributed by atoms with Crippen LogP contribution in [0.3, 0.4) is 0 Å². The van der Waals surface area contributed by atoms with Gasteiger partial charge in [-0.25, -0.2) is 19.9 Å². The number of unbranched alkanes of at least 4 members (excludes halogenated alkanes) is 18. The smallest absolute Gasteiger partial charge is 0.119 e. The van der Waals surface area contributed by atoms with Crippen LogP contribution < -0.4 is 9.47 Å². The Kier molecular flexibility index (Phi) is 19.0. The highest BCUT2D eigenvalue weighted by atomic mass is 16.5. The van der Waals surface area contributed by atoms with Crippen LogP contribution in [-0.2, 0) is 6.61 Å². The van der Waals surface area contributed by atoms with E-state index in [9.17, 15) is 5.11 Å². The molecule has 74 heavy (non-hydrogen) atoms. The maximum Gasteiger partial charge on any atom is 0.119 e. The SMILES string of the molecule is CCCCCCCCCCCCOc1ccc(-c2ccc3ccc4ccc(-c5cc(CO)cc(-c6ccc7ccc8ccc(-c9ccc(OCCCCCCCCCCCC)cc9)nc8c7n6)c5)nc4c3n2)cc1. The Labute approximate surface area is 439 Å². The van der Waals surface area contributed by atoms with E-state index in [4.69, 9.17) is 29.4 Å². The van der Waals surface area contributed by atoms with Crippen molar-refractivity contribution < 1.29 is 14.6 Å². The van der Waals surface area contributed by atoms with Gasteiger partial charge in [-0.3, -0.25) is 0 Å². The molecule has 1 N–H and O–H groups in total. The maximum absolute atomic E-state index is 10.6. The minimum Gasteiger partial charge on any atom is -0.494 e. The number of hydrogen-bond donors (Lipinski definition) is 1. The summed E-state index contributed by atoms with van der Waals surface area (Å²) in [6, 6.07) is 48.0. The Balaban J connectivity index is 0.877. The fourth-order valence-corrected chi connectivity index (χ4v) is 10.3. The van der Waals surface area contributed by atoms with Crippen LogP contribution in [0.5, 0.6) is 11.5 Å². The highest BCUT2D eigenvalue weighted by Gasteiger charge is 2.14. The molecule has 0 aliphatic carbocycles. The summed E-state index contributed by atoms with van der Waals surface area (Å²) in [6.45, 7) is 5.92. The first-order valence-electron chi connectivity index (χ1n) is 28.2. The minimum atomic E-state index is -0.115. The molecule has 0 aliphatic rings. The van der Waals surface area contributed by atoms with Crippen LogP contribution in [0, 0.1) is 0 Å². The van der Waals surface area contributed by atoms with Crippen molar-refractivity contribution in [3.63, 3.8) is 0 Å². The van der Waals surface area contributed by atoms with Crippen molar-refractivity contribution in [3.05, 3.63) is 145 Å². The molecule has 5 aromatic carbocycles. The van der Waals surface area contributed by atoms with Gasteiger partial charge in [-0.05, 0) is 109 Å². The Bertz CT molecular complexity index is 2990. The number of pyridine rings is 4. The number of rotatable bonds is 29. The molecule has 0 spiro atoms. The van der Waals surface area contributed by atoms with E-state index in [1.807, 2.05) is 12.1 Å². The second-order valence-electron chi connectivity index (χ2n) is 20.4. The molecule has 0 fully saturated rings. The van der Waals surface area contributed by atoms with E-state index in [0.717, 1.165) is 132 Å². The fraction of sp³-hybridized carbons (Fsp3) is 0.373. The number of fused-ring (bicyclic) bond motifs is 6. The van der Waals surface area contributed by atoms with Gasteiger partial charge in [0, 0.05) is 43.8 Å². The van der Waals surface area contributed by atoms with Crippen molar-refractivity contribution in [3.8, 4) is 56.5 Å². The van der Waals surface area contributed by atoms with E-state index in [-0.39, 0.29) is 6.61 Å². The van der Waals surface area contributed by atoms with E-state index in [0.29, 0.717) is 0 Å². The second-order valence-corrected chi connectivity index (χ2v) is 20.4. The first kappa shape index (κ1) is 52.2. The van der Waals surface area contributed by atoms with Crippen molar-refractivity contribution in [1.29, 1.82) is 0 Å². The molecule has 0 bridgehead atoms. The van der Waals surface area contributed by atoms with Gasteiger partial charge in [-0.1, -0.05) is 178 Å². The van der Waals surface area contributed by atoms with Crippen LogP contribution in [0.4, 0.5) is 0 Å². The summed E-state index contributed by atoms with van der Waals surface area (Å²) in [5, 5.41) is 14.7. The molecular formula is C67H76N4O3. The minimum absolute atomic E-state index is 0.115. The number of ether oxygens (including phenoxy) is 2. The average molecular weight is 985 g/mol. The summed E-state index contributed by atoms with van der Waals surface area (Å²) in [7, 11) is 0. The lowest BCUT2D eigenvalue weighted by Gasteiger charge is -2.12. The third-order valence-electron chi connectivity index (χ3n) is 14.6. The van der Waals surface area contributed by atoms with Crippen LogP contribution in [0.25, 0.3) is 88.6 Å². The van der Waals surface area contributed by atoms with E-state index in [1.165, 1.54) is 116 Å². The third kappa shape index (κ3) is 13.9. The van der Waals surface area contributed by atoms with E-state index in [1.54, 1.807) is 0 Å². The van der Waals surface area contributed by atoms with Gasteiger partial charge in [-0.2, -0.15) is 0 Å². The second kappa shape index (κ2) is 27.0. The lowest BCUT2D eigenvalue weighted by atomic mass is 9.99. The Morgan fingerprint density at radius 3 is 0.905 bits per heavy atom. The molecule has 9 rings (SSSR count). The molecule has 7 heteroatoms. The molecule has 4 heterocycles. The van der Waals surface area contributed by atoms with Gasteiger partial charge in [-0.15, -0.1) is 0 Å². The van der Waals surface area contributed by atoms with Crippen molar-refractivity contribution >= 4 is 43.6 Å². The van der Waals surface area contributed by atoms with Crippen LogP contribution in [0.15, 0.2) is 140 Å². The highest BCUT2D eigenvalue weighted by Crippen LogP contribution is 2.34. The Morgan fingerprint density at radius 1 is 0.311 bits per heavy atom. The van der Waals surface area contributed by atoms with Crippen molar-refractivity contribution in [2.24, 2.45) is 0 Å². The van der Waals surface area contributed by atoms with E-state index < -0.39 is 0 Å². The molecule has 0 saturated heterocycles. The van der Waals surface area contributed by atoms with Crippen LogP contribution in [0.2, 0.25) is 0 Å². The molecule has 0 saturated carbocycles. The van der Waals surface area contributed by atoms with Gasteiger partial charge in [0.05, 0.1) is 64.7 Å². The van der Waals surface area contributed by atoms with Gasteiger partial charge in [0.1, 0.15) is 11.5 Å². The topological polar surface area (TPSA) is 90.2 Å². The predicted molar refractivity (Wildman–Crippen MR) is 310 cm³/mol. The molecule has 0 amide bonds. The molecule has 4 aromatic heterocycles. The Hall–Kier alpha value is -6.70. The first-order chi connectivity index (χ1) is 36.6. The molecule has 0 radical (unpaired) electrons. The summed E-state index contributed by atoms with van der Waals surface area (Å²) >= 11 is 0. The number of hydrogen-bond acceptors (Lipinski definition) is 7. The van der Waals surface area contributed by atoms with Crippen molar-refractivity contribution in [2.45, 2.75) is 149 Å². The molecule has 382 valence electrons. The Morgan fingerprint density at radius 2 is 0.595 bits per heavy atom. The van der Waals surface area contributed by atoms with E-state index >= 15 is 0 Å². The van der Waals surface area contributed by atoms with Crippen LogP contribution >= 0.6 is 0 Å². The zero-order chi connectivity index (χ0) is 50.7. The lowest BCUT2D eigenvalue weighted by Crippen LogP contribution is -1.97. The van der Waals surface area contributed by atoms with Crippen LogP contribution in [0.1, 0.15) is 148 Å². The van der Waals surface area contributed by atoms with Gasteiger partial charge in [0.15, 0.2) is 0 Å². The van der Waals surface area contributed by atoms with Crippen LogP contribution in [-0.4, -0.2) is 38.3 Å². The van der Waals surface area contributed by atoms with Gasteiger partial charge >= 0.3 is 0 Å². The molecular weight excluding hydrogens is 909 g/mol. The zero-order valence-corrected chi connectivity index (χ0v) is 44.1. The number of aromatic nitrogens is 4. The summed E-state index contributed by atoms with van der Waals surface area (Å²) in [5.74, 6) is 1.78. The fourth-order valence-electron chi connectivity index (χ4n) is 10.3. The molecule has 7 nitrogen and oxygen atoms in total. The summed E-state index contributed by atoms with van der Waals surface area (Å²) in [6.07, 6.45) is 26.2. The quantitative estimate of drug-likeness (QED) is 0.0369. The number of benzene rings is 5. The third-order valence-corrected chi connectivity index (χ3v) is 14.6. The summed E-state index contributed by atoms with van der Waals surface area (Å²) in [4.78, 5) is 21.0. The van der Waals surface area contributed by atoms with Gasteiger partial charge in [0.2, 0.25) is 0 Å². The normalized spacial score (nSPS) is 11.6. The number of nitrogens with zero attached hydrogens (tertiary/aromatic N) is 4. The zero-order valence-electron chi connectivity index (χ0n) is 44.1. The monoisotopic (exact) mass is 985 g/mol. The van der Waals surface area contributed by atoms with Crippen molar-refractivity contribution in [2.75, 3.05) is 13.2 Å².